The molecule has 1 fully saturated rings. The number of allylic oxidation sites excluding steroid dienone is 1. The van der Waals surface area contributed by atoms with Crippen LogP contribution in [-0.2, 0) is 6.42 Å². The highest BCUT2D eigenvalue weighted by molar-refractivity contribution is 6.25. The van der Waals surface area contributed by atoms with Crippen molar-refractivity contribution in [2.24, 2.45) is 11.8 Å². The molecule has 0 heterocycles. The highest BCUT2D eigenvalue weighted by Gasteiger charge is 2.19. The number of benzene rings is 2. The molecule has 27 heavy (non-hydrogen) atoms. The molecular formula is C25H31ClO. The van der Waals surface area contributed by atoms with Crippen LogP contribution in [0.2, 0.25) is 0 Å². The SMILES string of the molecule is CCCOc1ccc(-c2ccc(CC[C@H]3CC[C@H](/C=C/Cl)CC3)cc2)cc1. The van der Waals surface area contributed by atoms with E-state index in [0.717, 1.165) is 24.7 Å². The summed E-state index contributed by atoms with van der Waals surface area (Å²) < 4.78 is 5.66. The smallest absolute Gasteiger partial charge is 0.119 e. The van der Waals surface area contributed by atoms with Crippen molar-refractivity contribution in [2.45, 2.75) is 51.9 Å². The highest BCUT2D eigenvalue weighted by atomic mass is 35.5. The van der Waals surface area contributed by atoms with Gasteiger partial charge in [-0.1, -0.05) is 61.0 Å². The molecule has 0 radical (unpaired) electrons. The maximum absolute atomic E-state index is 5.71. The second-order valence-electron chi connectivity index (χ2n) is 7.71. The van der Waals surface area contributed by atoms with E-state index in [4.69, 9.17) is 16.3 Å². The van der Waals surface area contributed by atoms with E-state index in [1.807, 2.05) is 0 Å². The second-order valence-corrected chi connectivity index (χ2v) is 7.96. The lowest BCUT2D eigenvalue weighted by Crippen LogP contribution is -2.13. The maximum atomic E-state index is 5.71. The Hall–Kier alpha value is -1.73. The van der Waals surface area contributed by atoms with E-state index in [1.54, 1.807) is 5.54 Å². The van der Waals surface area contributed by atoms with Crippen LogP contribution in [0, 0.1) is 11.8 Å². The van der Waals surface area contributed by atoms with Crippen molar-refractivity contribution in [1.29, 1.82) is 0 Å². The molecule has 0 aliphatic heterocycles. The van der Waals surface area contributed by atoms with Crippen molar-refractivity contribution < 1.29 is 4.74 Å². The molecule has 0 saturated heterocycles. The largest absolute Gasteiger partial charge is 0.494 e. The van der Waals surface area contributed by atoms with Crippen molar-refractivity contribution in [3.8, 4) is 16.9 Å². The molecule has 0 unspecified atom stereocenters. The van der Waals surface area contributed by atoms with Gasteiger partial charge in [0, 0.05) is 5.54 Å². The number of aryl methyl sites for hydroxylation is 1. The normalized spacial score (nSPS) is 20.1. The molecule has 1 aliphatic rings. The third-order valence-electron chi connectivity index (χ3n) is 5.69. The van der Waals surface area contributed by atoms with E-state index in [1.165, 1.54) is 55.2 Å². The summed E-state index contributed by atoms with van der Waals surface area (Å²) in [5.74, 6) is 2.53. The molecule has 0 atom stereocenters. The molecule has 1 aliphatic carbocycles. The Morgan fingerprint density at radius 3 is 2.15 bits per heavy atom. The van der Waals surface area contributed by atoms with Crippen molar-refractivity contribution in [3.63, 3.8) is 0 Å². The molecular weight excluding hydrogens is 352 g/mol. The Kier molecular flexibility index (Phi) is 7.83. The summed E-state index contributed by atoms with van der Waals surface area (Å²) in [6, 6.07) is 17.5. The highest BCUT2D eigenvalue weighted by Crippen LogP contribution is 2.32. The van der Waals surface area contributed by atoms with Crippen LogP contribution in [0.5, 0.6) is 5.75 Å². The van der Waals surface area contributed by atoms with E-state index < -0.39 is 0 Å². The third-order valence-corrected chi connectivity index (χ3v) is 5.84. The fourth-order valence-corrected chi connectivity index (χ4v) is 4.18. The maximum Gasteiger partial charge on any atom is 0.119 e. The average Bonchev–Trinajstić information content (AvgIpc) is 2.73. The number of hydrogen-bond acceptors (Lipinski definition) is 1. The van der Waals surface area contributed by atoms with E-state index in [-0.39, 0.29) is 0 Å². The topological polar surface area (TPSA) is 9.23 Å². The van der Waals surface area contributed by atoms with Crippen molar-refractivity contribution in [3.05, 3.63) is 65.7 Å². The summed E-state index contributed by atoms with van der Waals surface area (Å²) >= 11 is 5.71. The van der Waals surface area contributed by atoms with Gasteiger partial charge in [0.15, 0.2) is 0 Å². The molecule has 0 bridgehead atoms. The monoisotopic (exact) mass is 382 g/mol. The number of halogens is 1. The average molecular weight is 383 g/mol. The van der Waals surface area contributed by atoms with Gasteiger partial charge >= 0.3 is 0 Å². The van der Waals surface area contributed by atoms with Gasteiger partial charge in [0.05, 0.1) is 6.61 Å². The summed E-state index contributed by atoms with van der Waals surface area (Å²) in [5, 5.41) is 0. The van der Waals surface area contributed by atoms with E-state index in [2.05, 4.69) is 61.5 Å². The minimum atomic E-state index is 0.705. The van der Waals surface area contributed by atoms with Gasteiger partial charge in [-0.25, -0.2) is 0 Å². The Bertz CT molecular complexity index is 694. The lowest BCUT2D eigenvalue weighted by Gasteiger charge is -2.26. The van der Waals surface area contributed by atoms with Crippen LogP contribution in [0.25, 0.3) is 11.1 Å². The van der Waals surface area contributed by atoms with Gasteiger partial charge in [0.2, 0.25) is 0 Å². The van der Waals surface area contributed by atoms with Gasteiger partial charge in [-0.3, -0.25) is 0 Å². The third kappa shape index (κ3) is 6.14. The van der Waals surface area contributed by atoms with E-state index in [9.17, 15) is 0 Å². The van der Waals surface area contributed by atoms with Gasteiger partial charge in [-0.2, -0.15) is 0 Å². The van der Waals surface area contributed by atoms with Gasteiger partial charge in [0.25, 0.3) is 0 Å². The predicted molar refractivity (Wildman–Crippen MR) is 116 cm³/mol. The molecule has 2 heteroatoms. The standard InChI is InChI=1S/C25H31ClO/c1-2-19-27-25-15-13-24(14-16-25)23-11-9-21(10-12-23)4-3-20-5-7-22(8-6-20)17-18-26/h9-18,20,22H,2-8,19H2,1H3/b18-17+/t20-,22-. The quantitative estimate of drug-likeness (QED) is 0.455. The second kappa shape index (κ2) is 10.6. The molecule has 1 saturated carbocycles. The first-order chi connectivity index (χ1) is 13.3. The minimum absolute atomic E-state index is 0.705. The summed E-state index contributed by atoms with van der Waals surface area (Å²) in [7, 11) is 0. The molecule has 0 N–H and O–H groups in total. The number of hydrogen-bond donors (Lipinski definition) is 0. The van der Waals surface area contributed by atoms with Crippen LogP contribution in [-0.4, -0.2) is 6.61 Å². The zero-order valence-corrected chi connectivity index (χ0v) is 17.1. The van der Waals surface area contributed by atoms with E-state index in [0.29, 0.717) is 5.92 Å². The first kappa shape index (κ1) is 20.0. The lowest BCUT2D eigenvalue weighted by molar-refractivity contribution is 0.296. The fourth-order valence-electron chi connectivity index (χ4n) is 3.97. The van der Waals surface area contributed by atoms with Crippen LogP contribution in [0.1, 0.15) is 51.0 Å². The van der Waals surface area contributed by atoms with Crippen molar-refractivity contribution in [1.82, 2.24) is 0 Å². The predicted octanol–water partition coefficient (Wildman–Crippen LogP) is 7.63. The zero-order valence-electron chi connectivity index (χ0n) is 16.4. The molecule has 2 aromatic rings. The minimum Gasteiger partial charge on any atom is -0.494 e. The van der Waals surface area contributed by atoms with Gasteiger partial charge < -0.3 is 4.74 Å². The number of ether oxygens (including phenoxy) is 1. The van der Waals surface area contributed by atoms with Gasteiger partial charge in [0.1, 0.15) is 5.75 Å². The number of rotatable bonds is 8. The molecule has 0 spiro atoms. The molecule has 0 aromatic heterocycles. The Morgan fingerprint density at radius 1 is 0.926 bits per heavy atom. The van der Waals surface area contributed by atoms with Crippen LogP contribution in [0.4, 0.5) is 0 Å². The molecule has 0 amide bonds. The van der Waals surface area contributed by atoms with Crippen LogP contribution < -0.4 is 4.74 Å². The van der Waals surface area contributed by atoms with Crippen LogP contribution in [0.15, 0.2) is 60.1 Å². The van der Waals surface area contributed by atoms with E-state index >= 15 is 0 Å². The Labute approximate surface area is 169 Å². The summed E-state index contributed by atoms with van der Waals surface area (Å²) in [6.45, 7) is 2.90. The molecule has 1 nitrogen and oxygen atoms in total. The summed E-state index contributed by atoms with van der Waals surface area (Å²) in [5.41, 5.74) is 5.66. The fraction of sp³-hybridized carbons (Fsp3) is 0.440. The first-order valence-corrected chi connectivity index (χ1v) is 10.8. The lowest BCUT2D eigenvalue weighted by atomic mass is 9.79. The Balaban J connectivity index is 1.49. The summed E-state index contributed by atoms with van der Waals surface area (Å²) in [6.07, 6.45) is 11.0. The van der Waals surface area contributed by atoms with Crippen molar-refractivity contribution >= 4 is 11.6 Å². The first-order valence-electron chi connectivity index (χ1n) is 10.4. The van der Waals surface area contributed by atoms with Gasteiger partial charge in [-0.15, -0.1) is 0 Å². The van der Waals surface area contributed by atoms with Gasteiger partial charge in [-0.05, 0) is 85.6 Å². The van der Waals surface area contributed by atoms with Crippen LogP contribution >= 0.6 is 11.6 Å². The molecule has 3 rings (SSSR count). The summed E-state index contributed by atoms with van der Waals surface area (Å²) in [4.78, 5) is 0. The molecule has 144 valence electrons. The van der Waals surface area contributed by atoms with Crippen molar-refractivity contribution in [2.75, 3.05) is 6.61 Å². The zero-order chi connectivity index (χ0) is 18.9. The van der Waals surface area contributed by atoms with Crippen LogP contribution in [0.3, 0.4) is 0 Å². The Morgan fingerprint density at radius 2 is 1.56 bits per heavy atom. The molecule has 2 aromatic carbocycles.